The molecule has 0 radical (unpaired) electrons. The second kappa shape index (κ2) is 6.28. The van der Waals surface area contributed by atoms with E-state index in [2.05, 4.69) is 22.2 Å². The van der Waals surface area contributed by atoms with Crippen LogP contribution in [-0.4, -0.2) is 32.1 Å². The van der Waals surface area contributed by atoms with Gasteiger partial charge in [-0.15, -0.1) is 0 Å². The first-order valence-corrected chi connectivity index (χ1v) is 7.84. The number of rotatable bonds is 5. The maximum Gasteiger partial charge on any atom is 0.219 e. The lowest BCUT2D eigenvalue weighted by Gasteiger charge is -2.21. The van der Waals surface area contributed by atoms with Gasteiger partial charge in [0.05, 0.1) is 17.9 Å². The van der Waals surface area contributed by atoms with Crippen LogP contribution in [-0.2, 0) is 24.8 Å². The Balaban J connectivity index is 1.73. The minimum absolute atomic E-state index is 0.0868. The van der Waals surface area contributed by atoms with Gasteiger partial charge in [-0.05, 0) is 31.0 Å². The molecule has 0 bridgehead atoms. The van der Waals surface area contributed by atoms with Crippen molar-refractivity contribution in [2.45, 2.75) is 26.8 Å². The van der Waals surface area contributed by atoms with Gasteiger partial charge in [-0.2, -0.15) is 5.10 Å². The lowest BCUT2D eigenvalue weighted by molar-refractivity contribution is -0.129. The van der Waals surface area contributed by atoms with Crippen LogP contribution in [0.15, 0.2) is 36.5 Å². The topological polar surface area (TPSA) is 53.9 Å². The Morgan fingerprint density at radius 2 is 2.13 bits per heavy atom. The number of benzene rings is 1. The summed E-state index contributed by atoms with van der Waals surface area (Å²) in [5, 5.41) is 5.58. The first-order chi connectivity index (χ1) is 11.0. The summed E-state index contributed by atoms with van der Waals surface area (Å²) in [5.41, 5.74) is 4.41. The first kappa shape index (κ1) is 15.3. The molecule has 2 heterocycles. The Morgan fingerprint density at radius 1 is 1.35 bits per heavy atom. The van der Waals surface area contributed by atoms with E-state index in [9.17, 15) is 4.79 Å². The first-order valence-electron chi connectivity index (χ1n) is 7.84. The molecule has 120 valence electrons. The van der Waals surface area contributed by atoms with Gasteiger partial charge in [-0.1, -0.05) is 18.2 Å². The van der Waals surface area contributed by atoms with Crippen molar-refractivity contribution in [3.63, 3.8) is 0 Å². The van der Waals surface area contributed by atoms with Crippen molar-refractivity contribution in [1.82, 2.24) is 19.7 Å². The molecule has 0 aliphatic carbocycles. The van der Waals surface area contributed by atoms with E-state index in [1.807, 2.05) is 47.9 Å². The molecule has 0 aliphatic heterocycles. The van der Waals surface area contributed by atoms with Crippen molar-refractivity contribution in [3.05, 3.63) is 53.5 Å². The van der Waals surface area contributed by atoms with E-state index in [0.717, 1.165) is 23.3 Å². The maximum absolute atomic E-state index is 12.0. The van der Waals surface area contributed by atoms with Gasteiger partial charge in [0, 0.05) is 37.6 Å². The largest absolute Gasteiger partial charge is 0.361 e. The van der Waals surface area contributed by atoms with Crippen molar-refractivity contribution < 1.29 is 4.79 Å². The van der Waals surface area contributed by atoms with E-state index in [1.165, 1.54) is 10.9 Å². The number of fused-ring (bicyclic) bond motifs is 1. The number of aromatic nitrogens is 3. The summed E-state index contributed by atoms with van der Waals surface area (Å²) < 4.78 is 1.84. The molecule has 0 aliphatic rings. The monoisotopic (exact) mass is 310 g/mol. The van der Waals surface area contributed by atoms with Crippen LogP contribution < -0.4 is 0 Å². The van der Waals surface area contributed by atoms with Gasteiger partial charge < -0.3 is 9.88 Å². The molecule has 5 nitrogen and oxygen atoms in total. The molecule has 2 aromatic heterocycles. The number of nitrogens with zero attached hydrogens (tertiary/aromatic N) is 3. The third kappa shape index (κ3) is 3.28. The molecular formula is C18H22N4O. The zero-order valence-corrected chi connectivity index (χ0v) is 13.8. The molecule has 1 N–H and O–H groups in total. The van der Waals surface area contributed by atoms with E-state index in [1.54, 1.807) is 6.92 Å². The molecule has 3 rings (SSSR count). The molecule has 1 aromatic carbocycles. The second-order valence-electron chi connectivity index (χ2n) is 5.95. The molecule has 23 heavy (non-hydrogen) atoms. The number of para-hydroxylation sites is 1. The van der Waals surface area contributed by atoms with Crippen LogP contribution in [0.5, 0.6) is 0 Å². The van der Waals surface area contributed by atoms with Gasteiger partial charge in [0.2, 0.25) is 5.91 Å². The van der Waals surface area contributed by atoms with E-state index in [0.29, 0.717) is 13.1 Å². The van der Waals surface area contributed by atoms with Gasteiger partial charge >= 0.3 is 0 Å². The minimum atomic E-state index is 0.0868. The number of nitrogens with one attached hydrogen (secondary N) is 1. The standard InChI is InChI=1S/C18H22N4O/c1-13-10-16(21(3)20-13)12-22(14(2)23)9-8-15-11-19-18-7-5-4-6-17(15)18/h4-7,10-11,19H,8-9,12H2,1-3H3. The van der Waals surface area contributed by atoms with Gasteiger partial charge in [-0.25, -0.2) is 0 Å². The van der Waals surface area contributed by atoms with E-state index < -0.39 is 0 Å². The van der Waals surface area contributed by atoms with Crippen molar-refractivity contribution >= 4 is 16.8 Å². The van der Waals surface area contributed by atoms with E-state index in [4.69, 9.17) is 0 Å². The van der Waals surface area contributed by atoms with Gasteiger partial charge in [0.15, 0.2) is 0 Å². The molecule has 0 saturated carbocycles. The maximum atomic E-state index is 12.0. The Kier molecular flexibility index (Phi) is 4.19. The fraction of sp³-hybridized carbons (Fsp3) is 0.333. The molecule has 0 saturated heterocycles. The normalized spacial score (nSPS) is 11.1. The predicted molar refractivity (Wildman–Crippen MR) is 91.0 cm³/mol. The summed E-state index contributed by atoms with van der Waals surface area (Å²) in [6.45, 7) is 4.88. The molecule has 0 fully saturated rings. The molecule has 0 spiro atoms. The summed E-state index contributed by atoms with van der Waals surface area (Å²) in [5.74, 6) is 0.0868. The summed E-state index contributed by atoms with van der Waals surface area (Å²) in [7, 11) is 1.92. The second-order valence-corrected chi connectivity index (χ2v) is 5.95. The third-order valence-corrected chi connectivity index (χ3v) is 4.22. The van der Waals surface area contributed by atoms with E-state index >= 15 is 0 Å². The highest BCUT2D eigenvalue weighted by molar-refractivity contribution is 5.83. The Morgan fingerprint density at radius 3 is 2.83 bits per heavy atom. The number of aromatic amines is 1. The van der Waals surface area contributed by atoms with Crippen LogP contribution in [0.25, 0.3) is 10.9 Å². The van der Waals surface area contributed by atoms with Crippen LogP contribution in [0.4, 0.5) is 0 Å². The van der Waals surface area contributed by atoms with Crippen molar-refractivity contribution in [1.29, 1.82) is 0 Å². The molecule has 3 aromatic rings. The Hall–Kier alpha value is -2.56. The van der Waals surface area contributed by atoms with Gasteiger partial charge in [0.25, 0.3) is 0 Å². The summed E-state index contributed by atoms with van der Waals surface area (Å²) in [6, 6.07) is 10.3. The van der Waals surface area contributed by atoms with Crippen LogP contribution in [0.1, 0.15) is 23.9 Å². The molecular weight excluding hydrogens is 288 g/mol. The number of amides is 1. The van der Waals surface area contributed by atoms with Crippen molar-refractivity contribution in [2.75, 3.05) is 6.54 Å². The average Bonchev–Trinajstić information content (AvgIpc) is 3.06. The summed E-state index contributed by atoms with van der Waals surface area (Å²) >= 11 is 0. The fourth-order valence-electron chi connectivity index (χ4n) is 2.95. The lowest BCUT2D eigenvalue weighted by atomic mass is 10.1. The van der Waals surface area contributed by atoms with Crippen molar-refractivity contribution in [3.8, 4) is 0 Å². The number of hydrogen-bond donors (Lipinski definition) is 1. The number of H-pyrrole nitrogens is 1. The van der Waals surface area contributed by atoms with Gasteiger partial charge in [-0.3, -0.25) is 9.48 Å². The van der Waals surface area contributed by atoms with Crippen molar-refractivity contribution in [2.24, 2.45) is 7.05 Å². The highest BCUT2D eigenvalue weighted by atomic mass is 16.2. The zero-order chi connectivity index (χ0) is 16.4. The van der Waals surface area contributed by atoms with Gasteiger partial charge in [0.1, 0.15) is 0 Å². The van der Waals surface area contributed by atoms with Crippen LogP contribution in [0.2, 0.25) is 0 Å². The summed E-state index contributed by atoms with van der Waals surface area (Å²) in [4.78, 5) is 17.1. The summed E-state index contributed by atoms with van der Waals surface area (Å²) in [6.07, 6.45) is 2.87. The SMILES string of the molecule is CC(=O)N(CCc1c[nH]c2ccccc12)Cc1cc(C)nn1C. The molecule has 5 heteroatoms. The fourth-order valence-corrected chi connectivity index (χ4v) is 2.95. The number of carbonyl (C=O) groups is 1. The molecule has 0 unspecified atom stereocenters. The molecule has 1 amide bonds. The van der Waals surface area contributed by atoms with Crippen LogP contribution in [0, 0.1) is 6.92 Å². The number of aryl methyl sites for hydroxylation is 2. The number of carbonyl (C=O) groups excluding carboxylic acids is 1. The molecule has 0 atom stereocenters. The average molecular weight is 310 g/mol. The Labute approximate surface area is 135 Å². The number of hydrogen-bond acceptors (Lipinski definition) is 2. The highest BCUT2D eigenvalue weighted by Gasteiger charge is 2.13. The predicted octanol–water partition coefficient (Wildman–Crippen LogP) is 2.80. The minimum Gasteiger partial charge on any atom is -0.361 e. The quantitative estimate of drug-likeness (QED) is 0.788. The smallest absolute Gasteiger partial charge is 0.219 e. The zero-order valence-electron chi connectivity index (χ0n) is 13.8. The third-order valence-electron chi connectivity index (χ3n) is 4.22. The van der Waals surface area contributed by atoms with Crippen LogP contribution in [0.3, 0.4) is 0 Å². The van der Waals surface area contributed by atoms with E-state index in [-0.39, 0.29) is 5.91 Å². The van der Waals surface area contributed by atoms with Crippen LogP contribution >= 0.6 is 0 Å². The Bertz CT molecular complexity index is 831. The lowest BCUT2D eigenvalue weighted by Crippen LogP contribution is -2.31. The highest BCUT2D eigenvalue weighted by Crippen LogP contribution is 2.18.